The Hall–Kier alpha value is -0.980. The lowest BCUT2D eigenvalue weighted by molar-refractivity contribution is 0.118. The molecule has 21 heavy (non-hydrogen) atoms. The van der Waals surface area contributed by atoms with E-state index in [9.17, 15) is 10.2 Å². The Morgan fingerprint density at radius 3 is 2.19 bits per heavy atom. The number of nitrogens with zero attached hydrogens (tertiary/aromatic N) is 3. The summed E-state index contributed by atoms with van der Waals surface area (Å²) in [5.41, 5.74) is 5.09. The van der Waals surface area contributed by atoms with Crippen LogP contribution in [-0.2, 0) is 12.1 Å². The van der Waals surface area contributed by atoms with Crippen molar-refractivity contribution in [3.8, 4) is 0 Å². The van der Waals surface area contributed by atoms with Gasteiger partial charge < -0.3 is 15.9 Å². The number of aliphatic hydroxyl groups excluding tert-OH is 2. The fraction of sp³-hybridized carbons (Fsp3) is 0.867. The van der Waals surface area contributed by atoms with Crippen molar-refractivity contribution in [1.82, 2.24) is 15.0 Å². The number of aryl methyl sites for hydroxylation is 1. The number of hydrogen-bond donors (Lipinski definition) is 3. The minimum atomic E-state index is -1.20. The predicted octanol–water partition coefficient (Wildman–Crippen LogP) is 1.56. The SMILES string of the molecule is CCCCCCCCCCn1cc(C(N)(CO)CO)nn1. The van der Waals surface area contributed by atoms with Crippen LogP contribution in [0.2, 0.25) is 0 Å². The Morgan fingerprint density at radius 1 is 1.05 bits per heavy atom. The molecule has 4 N–H and O–H groups in total. The fourth-order valence-corrected chi connectivity index (χ4v) is 2.26. The zero-order valence-corrected chi connectivity index (χ0v) is 13.2. The highest BCUT2D eigenvalue weighted by Gasteiger charge is 2.29. The summed E-state index contributed by atoms with van der Waals surface area (Å²) in [7, 11) is 0. The average molecular weight is 298 g/mol. The molecular formula is C15H30N4O2. The number of aliphatic hydroxyl groups is 2. The molecule has 1 aromatic rings. The standard InChI is InChI=1S/C15H30N4O2/c1-2-3-4-5-6-7-8-9-10-19-11-14(17-18-19)15(16,12-20)13-21/h11,20-21H,2-10,12-13,16H2,1H3. The summed E-state index contributed by atoms with van der Waals surface area (Å²) in [5, 5.41) is 26.4. The number of unbranched alkanes of at least 4 members (excludes halogenated alkanes) is 7. The van der Waals surface area contributed by atoms with Crippen molar-refractivity contribution in [2.24, 2.45) is 5.73 Å². The van der Waals surface area contributed by atoms with E-state index >= 15 is 0 Å². The maximum absolute atomic E-state index is 9.22. The van der Waals surface area contributed by atoms with E-state index in [1.807, 2.05) is 0 Å². The molecule has 0 spiro atoms. The third-order valence-electron chi connectivity index (χ3n) is 3.85. The molecule has 6 nitrogen and oxygen atoms in total. The first kappa shape index (κ1) is 18.1. The van der Waals surface area contributed by atoms with Crippen LogP contribution < -0.4 is 5.73 Å². The fourth-order valence-electron chi connectivity index (χ4n) is 2.26. The second-order valence-electron chi connectivity index (χ2n) is 5.81. The topological polar surface area (TPSA) is 97.2 Å². The number of hydrogen-bond acceptors (Lipinski definition) is 5. The van der Waals surface area contributed by atoms with Crippen LogP contribution in [0.1, 0.15) is 64.0 Å². The van der Waals surface area contributed by atoms with Gasteiger partial charge in [-0.15, -0.1) is 5.10 Å². The van der Waals surface area contributed by atoms with Crippen molar-refractivity contribution in [3.63, 3.8) is 0 Å². The van der Waals surface area contributed by atoms with E-state index in [-0.39, 0.29) is 13.2 Å². The molecule has 0 radical (unpaired) electrons. The molecule has 1 heterocycles. The molecule has 0 aliphatic heterocycles. The van der Waals surface area contributed by atoms with Gasteiger partial charge in [-0.25, -0.2) is 0 Å². The lowest BCUT2D eigenvalue weighted by Crippen LogP contribution is -2.44. The van der Waals surface area contributed by atoms with E-state index in [0.717, 1.165) is 13.0 Å². The van der Waals surface area contributed by atoms with Gasteiger partial charge in [0.15, 0.2) is 0 Å². The first-order valence-electron chi connectivity index (χ1n) is 8.07. The van der Waals surface area contributed by atoms with Crippen LogP contribution in [0.3, 0.4) is 0 Å². The van der Waals surface area contributed by atoms with Crippen molar-refractivity contribution in [1.29, 1.82) is 0 Å². The van der Waals surface area contributed by atoms with E-state index in [1.54, 1.807) is 10.9 Å². The molecule has 0 fully saturated rings. The van der Waals surface area contributed by atoms with Gasteiger partial charge in [-0.1, -0.05) is 57.1 Å². The smallest absolute Gasteiger partial charge is 0.109 e. The summed E-state index contributed by atoms with van der Waals surface area (Å²) in [6.07, 6.45) is 11.9. The molecule has 0 aliphatic rings. The zero-order chi connectivity index (χ0) is 15.6. The number of rotatable bonds is 12. The van der Waals surface area contributed by atoms with Gasteiger partial charge in [0, 0.05) is 6.54 Å². The first-order chi connectivity index (χ1) is 10.2. The summed E-state index contributed by atoms with van der Waals surface area (Å²) in [6.45, 7) is 2.34. The largest absolute Gasteiger partial charge is 0.394 e. The Bertz CT molecular complexity index is 378. The van der Waals surface area contributed by atoms with E-state index < -0.39 is 5.54 Å². The summed E-state index contributed by atoms with van der Waals surface area (Å²) in [4.78, 5) is 0. The van der Waals surface area contributed by atoms with Crippen molar-refractivity contribution in [2.45, 2.75) is 70.4 Å². The van der Waals surface area contributed by atoms with Crippen molar-refractivity contribution in [3.05, 3.63) is 11.9 Å². The summed E-state index contributed by atoms with van der Waals surface area (Å²) in [5.74, 6) is 0. The molecule has 0 saturated heterocycles. The van der Waals surface area contributed by atoms with E-state index in [0.29, 0.717) is 5.69 Å². The Labute approximate surface area is 127 Å². The number of nitrogens with two attached hydrogens (primary N) is 1. The molecule has 1 aromatic heterocycles. The molecule has 1 rings (SSSR count). The monoisotopic (exact) mass is 298 g/mol. The van der Waals surface area contributed by atoms with Crippen molar-refractivity contribution in [2.75, 3.05) is 13.2 Å². The van der Waals surface area contributed by atoms with Crippen LogP contribution in [0.15, 0.2) is 6.20 Å². The quantitative estimate of drug-likeness (QED) is 0.509. The average Bonchev–Trinajstić information content (AvgIpc) is 2.98. The van der Waals surface area contributed by atoms with Crippen molar-refractivity contribution >= 4 is 0 Å². The highest BCUT2D eigenvalue weighted by Crippen LogP contribution is 2.14. The van der Waals surface area contributed by atoms with Crippen LogP contribution >= 0.6 is 0 Å². The Morgan fingerprint density at radius 2 is 1.62 bits per heavy atom. The Balaban J connectivity index is 2.20. The van der Waals surface area contributed by atoms with Gasteiger partial charge in [0.1, 0.15) is 11.2 Å². The van der Waals surface area contributed by atoms with Crippen LogP contribution in [-0.4, -0.2) is 38.4 Å². The summed E-state index contributed by atoms with van der Waals surface area (Å²) in [6, 6.07) is 0. The second kappa shape index (κ2) is 9.87. The third kappa shape index (κ3) is 6.11. The lowest BCUT2D eigenvalue weighted by Gasteiger charge is -2.20. The van der Waals surface area contributed by atoms with Gasteiger partial charge in [0.2, 0.25) is 0 Å². The predicted molar refractivity (Wildman–Crippen MR) is 82.7 cm³/mol. The maximum atomic E-state index is 9.22. The van der Waals surface area contributed by atoms with E-state index in [4.69, 9.17) is 5.73 Å². The van der Waals surface area contributed by atoms with Crippen LogP contribution in [0.5, 0.6) is 0 Å². The third-order valence-corrected chi connectivity index (χ3v) is 3.85. The highest BCUT2D eigenvalue weighted by molar-refractivity contribution is 5.09. The van der Waals surface area contributed by atoms with Crippen LogP contribution in [0.25, 0.3) is 0 Å². The molecule has 122 valence electrons. The van der Waals surface area contributed by atoms with Gasteiger partial charge >= 0.3 is 0 Å². The first-order valence-corrected chi connectivity index (χ1v) is 8.07. The van der Waals surface area contributed by atoms with Crippen LogP contribution in [0, 0.1) is 0 Å². The molecule has 0 amide bonds. The van der Waals surface area contributed by atoms with E-state index in [2.05, 4.69) is 17.2 Å². The summed E-state index contributed by atoms with van der Waals surface area (Å²) < 4.78 is 1.74. The van der Waals surface area contributed by atoms with Crippen molar-refractivity contribution < 1.29 is 10.2 Å². The number of aromatic nitrogens is 3. The van der Waals surface area contributed by atoms with Gasteiger partial charge in [-0.2, -0.15) is 0 Å². The molecule has 0 aliphatic carbocycles. The molecular weight excluding hydrogens is 268 g/mol. The molecule has 0 aromatic carbocycles. The second-order valence-corrected chi connectivity index (χ2v) is 5.81. The lowest BCUT2D eigenvalue weighted by atomic mass is 10.0. The van der Waals surface area contributed by atoms with Gasteiger partial charge in [0.25, 0.3) is 0 Å². The van der Waals surface area contributed by atoms with Crippen LogP contribution in [0.4, 0.5) is 0 Å². The molecule has 0 unspecified atom stereocenters. The zero-order valence-electron chi connectivity index (χ0n) is 13.2. The highest BCUT2D eigenvalue weighted by atomic mass is 16.3. The maximum Gasteiger partial charge on any atom is 0.109 e. The molecule has 0 bridgehead atoms. The molecule has 0 atom stereocenters. The molecule has 6 heteroatoms. The minimum absolute atomic E-state index is 0.347. The minimum Gasteiger partial charge on any atom is -0.394 e. The summed E-state index contributed by atoms with van der Waals surface area (Å²) >= 11 is 0. The van der Waals surface area contributed by atoms with Gasteiger partial charge in [-0.05, 0) is 6.42 Å². The normalized spacial score (nSPS) is 12.0. The van der Waals surface area contributed by atoms with Gasteiger partial charge in [0.05, 0.1) is 19.4 Å². The van der Waals surface area contributed by atoms with Gasteiger partial charge in [-0.3, -0.25) is 4.68 Å². The molecule has 0 saturated carbocycles. The van der Waals surface area contributed by atoms with E-state index in [1.165, 1.54) is 44.9 Å². The Kier molecular flexibility index (Phi) is 8.49.